The maximum absolute atomic E-state index is 13.4. The van der Waals surface area contributed by atoms with Crippen LogP contribution in [0.1, 0.15) is 12.0 Å². The minimum Gasteiger partial charge on any atom is -0.353 e. The van der Waals surface area contributed by atoms with Gasteiger partial charge < -0.3 is 9.88 Å². The number of H-pyrrole nitrogens is 1. The summed E-state index contributed by atoms with van der Waals surface area (Å²) in [7, 11) is 0. The zero-order valence-corrected chi connectivity index (χ0v) is 17.4. The van der Waals surface area contributed by atoms with Gasteiger partial charge in [-0.3, -0.25) is 4.90 Å². The summed E-state index contributed by atoms with van der Waals surface area (Å²) in [6, 6.07) is 12.1. The number of aromatic nitrogens is 4. The van der Waals surface area contributed by atoms with Crippen LogP contribution in [-0.4, -0.2) is 50.0 Å². The molecule has 0 saturated carbocycles. The number of hydrogen-bond donors (Lipinski definition) is 1. The van der Waals surface area contributed by atoms with Crippen molar-refractivity contribution >= 4 is 28.5 Å². The van der Waals surface area contributed by atoms with Crippen molar-refractivity contribution in [2.45, 2.75) is 25.0 Å². The number of aromatic amines is 1. The van der Waals surface area contributed by atoms with Crippen LogP contribution in [0.4, 0.5) is 10.2 Å². The highest BCUT2D eigenvalue weighted by Gasteiger charge is 2.44. The molecule has 1 aromatic carbocycles. The summed E-state index contributed by atoms with van der Waals surface area (Å²) in [5.74, 6) is 0.622. The van der Waals surface area contributed by atoms with Gasteiger partial charge in [0, 0.05) is 55.1 Å². The number of piperidine rings is 1. The summed E-state index contributed by atoms with van der Waals surface area (Å²) in [5.41, 5.74) is 3.74. The van der Waals surface area contributed by atoms with Crippen LogP contribution < -0.4 is 4.90 Å². The van der Waals surface area contributed by atoms with E-state index in [1.807, 2.05) is 24.5 Å². The van der Waals surface area contributed by atoms with E-state index in [-0.39, 0.29) is 10.8 Å². The van der Waals surface area contributed by atoms with Crippen molar-refractivity contribution in [3.63, 3.8) is 0 Å². The number of nitrogens with zero attached hydrogens (tertiary/aromatic N) is 5. The molecule has 3 aliphatic heterocycles. The number of halogens is 2. The smallest absolute Gasteiger partial charge is 0.141 e. The van der Waals surface area contributed by atoms with Gasteiger partial charge in [0.25, 0.3) is 0 Å². The van der Waals surface area contributed by atoms with E-state index in [2.05, 4.69) is 36.9 Å². The Labute approximate surface area is 183 Å². The molecule has 4 aromatic rings. The second-order valence-electron chi connectivity index (χ2n) is 8.24. The Morgan fingerprint density at radius 2 is 1.94 bits per heavy atom. The van der Waals surface area contributed by atoms with Gasteiger partial charge in [-0.05, 0) is 42.3 Å². The van der Waals surface area contributed by atoms with Crippen molar-refractivity contribution in [2.24, 2.45) is 0 Å². The number of rotatable bonds is 4. The third kappa shape index (κ3) is 3.25. The van der Waals surface area contributed by atoms with Crippen LogP contribution in [-0.2, 0) is 6.54 Å². The zero-order chi connectivity index (χ0) is 20.9. The normalized spacial score (nSPS) is 20.8. The number of piperazine rings is 1. The molecule has 0 amide bonds. The molecule has 6 heterocycles. The van der Waals surface area contributed by atoms with Gasteiger partial charge in [-0.25, -0.2) is 19.3 Å². The number of pyridine rings is 1. The summed E-state index contributed by atoms with van der Waals surface area (Å²) in [6.07, 6.45) is 6.53. The van der Waals surface area contributed by atoms with Crippen LogP contribution in [0.25, 0.3) is 22.3 Å². The fraction of sp³-hybridized carbons (Fsp3) is 0.261. The van der Waals surface area contributed by atoms with E-state index in [1.54, 1.807) is 12.4 Å². The van der Waals surface area contributed by atoms with Crippen LogP contribution >= 0.6 is 11.6 Å². The maximum Gasteiger partial charge on any atom is 0.141 e. The fourth-order valence-electron chi connectivity index (χ4n) is 4.80. The van der Waals surface area contributed by atoms with Gasteiger partial charge in [0.05, 0.1) is 10.7 Å². The quantitative estimate of drug-likeness (QED) is 0.519. The Morgan fingerprint density at radius 3 is 2.71 bits per heavy atom. The molecule has 0 radical (unpaired) electrons. The average Bonchev–Trinajstić information content (AvgIpc) is 3.29. The van der Waals surface area contributed by atoms with Crippen molar-refractivity contribution in [3.8, 4) is 11.3 Å². The molecule has 0 aliphatic carbocycles. The molecule has 3 fully saturated rings. The van der Waals surface area contributed by atoms with Gasteiger partial charge in [0.15, 0.2) is 0 Å². The lowest BCUT2D eigenvalue weighted by Gasteiger charge is -2.56. The number of fused-ring (bicyclic) bond motifs is 3. The average molecular weight is 435 g/mol. The predicted octanol–water partition coefficient (Wildman–Crippen LogP) is 4.28. The van der Waals surface area contributed by atoms with E-state index in [4.69, 9.17) is 16.6 Å². The second-order valence-corrected chi connectivity index (χ2v) is 8.64. The van der Waals surface area contributed by atoms with E-state index in [0.29, 0.717) is 12.1 Å². The Kier molecular flexibility index (Phi) is 4.40. The molecule has 7 rings (SSSR count). The maximum atomic E-state index is 13.4. The lowest BCUT2D eigenvalue weighted by atomic mass is 9.86. The van der Waals surface area contributed by atoms with Gasteiger partial charge in [0.1, 0.15) is 23.6 Å². The first-order valence-corrected chi connectivity index (χ1v) is 10.7. The van der Waals surface area contributed by atoms with Gasteiger partial charge in [-0.2, -0.15) is 0 Å². The second kappa shape index (κ2) is 7.28. The van der Waals surface area contributed by atoms with Crippen LogP contribution in [0.3, 0.4) is 0 Å². The summed E-state index contributed by atoms with van der Waals surface area (Å²) >= 11 is 5.95. The molecule has 2 bridgehead atoms. The first-order chi connectivity index (χ1) is 15.2. The molecule has 2 unspecified atom stereocenters. The highest BCUT2D eigenvalue weighted by atomic mass is 35.5. The summed E-state index contributed by atoms with van der Waals surface area (Å²) < 4.78 is 13.4. The van der Waals surface area contributed by atoms with Crippen molar-refractivity contribution < 1.29 is 4.39 Å². The van der Waals surface area contributed by atoms with E-state index >= 15 is 0 Å². The minimum atomic E-state index is -0.367. The number of benzene rings is 1. The highest BCUT2D eigenvalue weighted by Crippen LogP contribution is 2.36. The van der Waals surface area contributed by atoms with Crippen LogP contribution in [0.15, 0.2) is 55.1 Å². The van der Waals surface area contributed by atoms with Crippen molar-refractivity contribution in [1.29, 1.82) is 0 Å². The van der Waals surface area contributed by atoms with E-state index in [1.165, 1.54) is 12.5 Å². The van der Waals surface area contributed by atoms with Gasteiger partial charge in [-0.15, -0.1) is 0 Å². The SMILES string of the molecule is Fc1ccc(CN2C3CC2CN(c2ccc(-c4ncnc5[nH]ccc45)cn2)C3)cc1Cl. The lowest BCUT2D eigenvalue weighted by molar-refractivity contribution is -0.00869. The lowest BCUT2D eigenvalue weighted by Crippen LogP contribution is -2.68. The van der Waals surface area contributed by atoms with E-state index in [0.717, 1.165) is 53.3 Å². The molecule has 0 spiro atoms. The van der Waals surface area contributed by atoms with E-state index in [9.17, 15) is 4.39 Å². The Balaban J connectivity index is 1.16. The summed E-state index contributed by atoms with van der Waals surface area (Å²) in [6.45, 7) is 2.68. The van der Waals surface area contributed by atoms with Gasteiger partial charge >= 0.3 is 0 Å². The molecular formula is C23H20ClFN6. The predicted molar refractivity (Wildman–Crippen MR) is 118 cm³/mol. The molecule has 6 nitrogen and oxygen atoms in total. The standard InChI is InChI=1S/C23H20ClFN6/c24-19-7-14(1-3-20(19)25)10-31-16-8-17(31)12-30(11-16)21-4-2-15(9-27-21)22-18-5-6-26-23(18)29-13-28-22/h1-7,9,13,16-17H,8,10-12H2,(H,26,28,29). The highest BCUT2D eigenvalue weighted by molar-refractivity contribution is 6.30. The number of hydrogen-bond acceptors (Lipinski definition) is 5. The fourth-order valence-corrected chi connectivity index (χ4v) is 5.00. The molecule has 3 aliphatic rings. The molecular weight excluding hydrogens is 415 g/mol. The van der Waals surface area contributed by atoms with E-state index < -0.39 is 0 Å². The number of anilines is 1. The Morgan fingerprint density at radius 1 is 1.06 bits per heavy atom. The molecule has 3 aromatic heterocycles. The Hall–Kier alpha value is -3.03. The van der Waals surface area contributed by atoms with Gasteiger partial charge in [-0.1, -0.05) is 17.7 Å². The third-order valence-corrected chi connectivity index (χ3v) is 6.68. The molecule has 31 heavy (non-hydrogen) atoms. The topological polar surface area (TPSA) is 60.9 Å². The zero-order valence-electron chi connectivity index (χ0n) is 16.7. The first-order valence-electron chi connectivity index (χ1n) is 10.3. The van der Waals surface area contributed by atoms with Crippen molar-refractivity contribution in [1.82, 2.24) is 24.8 Å². The van der Waals surface area contributed by atoms with Crippen LogP contribution in [0.2, 0.25) is 5.02 Å². The molecule has 3 saturated heterocycles. The summed E-state index contributed by atoms with van der Waals surface area (Å²) in [5, 5.41) is 1.18. The first kappa shape index (κ1) is 18.7. The molecule has 2 atom stereocenters. The molecule has 1 N–H and O–H groups in total. The Bertz CT molecular complexity index is 1240. The molecule has 8 heteroatoms. The molecule has 156 valence electrons. The van der Waals surface area contributed by atoms with Gasteiger partial charge in [0.2, 0.25) is 0 Å². The third-order valence-electron chi connectivity index (χ3n) is 6.39. The summed E-state index contributed by atoms with van der Waals surface area (Å²) in [4.78, 5) is 21.4. The largest absolute Gasteiger partial charge is 0.353 e. The minimum absolute atomic E-state index is 0.190. The monoisotopic (exact) mass is 434 g/mol. The van der Waals surface area contributed by atoms with Crippen molar-refractivity contribution in [3.05, 3.63) is 71.5 Å². The number of nitrogens with one attached hydrogen (secondary N) is 1. The van der Waals surface area contributed by atoms with Crippen molar-refractivity contribution in [2.75, 3.05) is 18.0 Å². The van der Waals surface area contributed by atoms with Crippen LogP contribution in [0, 0.1) is 5.82 Å². The van der Waals surface area contributed by atoms with Crippen LogP contribution in [0.5, 0.6) is 0 Å².